The fraction of sp³-hybridized carbons (Fsp3) is 0. The molecule has 0 fully saturated rings. The summed E-state index contributed by atoms with van der Waals surface area (Å²) >= 11 is 0. The van der Waals surface area contributed by atoms with Crippen LogP contribution >= 0.6 is 0 Å². The van der Waals surface area contributed by atoms with Gasteiger partial charge in [-0.05, 0) is 29.1 Å². The van der Waals surface area contributed by atoms with Gasteiger partial charge in [0.2, 0.25) is 0 Å². The predicted octanol–water partition coefficient (Wildman–Crippen LogP) is 9.71. The molecule has 0 saturated heterocycles. The number of hydrogen-bond donors (Lipinski definition) is 0. The zero-order chi connectivity index (χ0) is 30.9. The van der Waals surface area contributed by atoms with Gasteiger partial charge < -0.3 is 13.5 Å². The summed E-state index contributed by atoms with van der Waals surface area (Å²) in [5, 5.41) is 4.89. The number of hydrogen-bond acceptors (Lipinski definition) is 4. The Morgan fingerprint density at radius 3 is 2.02 bits per heavy atom. The molecule has 7 heteroatoms. The van der Waals surface area contributed by atoms with Crippen molar-refractivity contribution in [1.29, 1.82) is 0 Å². The Morgan fingerprint density at radius 2 is 1.23 bits per heavy atom. The summed E-state index contributed by atoms with van der Waals surface area (Å²) in [6, 6.07) is 48.1. The van der Waals surface area contributed by atoms with Crippen LogP contribution in [0.3, 0.4) is 0 Å². The van der Waals surface area contributed by atoms with E-state index < -0.39 is 0 Å². The molecule has 48 heavy (non-hydrogen) atoms. The summed E-state index contributed by atoms with van der Waals surface area (Å²) in [5.74, 6) is 1.15. The summed E-state index contributed by atoms with van der Waals surface area (Å²) in [6.07, 6.45) is 5.82. The van der Waals surface area contributed by atoms with Gasteiger partial charge in [0.05, 0.1) is 33.7 Å². The first-order chi connectivity index (χ1) is 23.3. The molecule has 0 unspecified atom stereocenters. The van der Waals surface area contributed by atoms with E-state index in [1.807, 2.05) is 60.9 Å². The van der Waals surface area contributed by atoms with Crippen molar-refractivity contribution >= 4 is 54.8 Å². The van der Waals surface area contributed by atoms with Gasteiger partial charge in [-0.3, -0.25) is 15.0 Å². The van der Waals surface area contributed by atoms with Gasteiger partial charge in [0.15, 0.2) is 0 Å². The molecule has 0 saturated carbocycles. The molecule has 0 amide bonds. The standard InChI is InChI=1S/C41H23N5O.Pt/c1-3-10-26(11-4-1)35-25-45-37-16-9-21-42-39(37)32-20-18-29(23-34(32)41(45)44-35)47-28-17-19-30-31-14-7-8-15-36(31)46-38(27-12-5-2-6-13-27)24-43-40(46)33(30)22-28;/h1-21,24-25H;/q-2;+2. The molecule has 228 valence electrons. The fourth-order valence-corrected chi connectivity index (χ4v) is 6.73. The van der Waals surface area contributed by atoms with E-state index in [9.17, 15) is 0 Å². The number of rotatable bonds is 4. The molecule has 0 spiro atoms. The number of benzene rings is 5. The Hall–Kier alpha value is -5.84. The van der Waals surface area contributed by atoms with Gasteiger partial charge >= 0.3 is 21.1 Å². The minimum atomic E-state index is 0. The number of aromatic nitrogens is 5. The van der Waals surface area contributed by atoms with Crippen LogP contribution in [0.15, 0.2) is 140 Å². The third-order valence-corrected chi connectivity index (χ3v) is 8.85. The van der Waals surface area contributed by atoms with Gasteiger partial charge in [-0.2, -0.15) is 0 Å². The Kier molecular flexibility index (Phi) is 6.59. The Labute approximate surface area is 289 Å². The normalized spacial score (nSPS) is 11.6. The van der Waals surface area contributed by atoms with E-state index in [0.717, 1.165) is 77.3 Å². The molecule has 5 aromatic heterocycles. The summed E-state index contributed by atoms with van der Waals surface area (Å²) < 4.78 is 10.8. The van der Waals surface area contributed by atoms with Crippen molar-refractivity contribution in [3.8, 4) is 34.0 Å². The van der Waals surface area contributed by atoms with Crippen molar-refractivity contribution in [2.24, 2.45) is 0 Å². The van der Waals surface area contributed by atoms with Crippen molar-refractivity contribution < 1.29 is 25.8 Å². The smallest absolute Gasteiger partial charge is 0.497 e. The molecule has 0 aliphatic rings. The number of nitrogens with zero attached hydrogens (tertiary/aromatic N) is 5. The Morgan fingerprint density at radius 1 is 0.562 bits per heavy atom. The molecule has 10 aromatic rings. The molecule has 5 aromatic carbocycles. The maximum absolute atomic E-state index is 6.49. The van der Waals surface area contributed by atoms with Gasteiger partial charge in [-0.15, -0.1) is 12.1 Å². The molecule has 6 nitrogen and oxygen atoms in total. The van der Waals surface area contributed by atoms with Gasteiger partial charge in [-0.25, -0.2) is 0 Å². The van der Waals surface area contributed by atoms with Crippen LogP contribution < -0.4 is 4.74 Å². The van der Waals surface area contributed by atoms with E-state index in [2.05, 4.69) is 99.9 Å². The average Bonchev–Trinajstić information content (AvgIpc) is 3.79. The van der Waals surface area contributed by atoms with Crippen LogP contribution in [-0.2, 0) is 21.1 Å². The van der Waals surface area contributed by atoms with Crippen LogP contribution in [0, 0.1) is 12.1 Å². The van der Waals surface area contributed by atoms with Gasteiger partial charge in [0, 0.05) is 41.2 Å². The first-order valence-electron chi connectivity index (χ1n) is 15.4. The molecule has 0 atom stereocenters. The monoisotopic (exact) mass is 796 g/mol. The molecule has 0 N–H and O–H groups in total. The molecule has 5 heterocycles. The number of pyridine rings is 3. The minimum absolute atomic E-state index is 0. The van der Waals surface area contributed by atoms with E-state index in [-0.39, 0.29) is 21.1 Å². The average molecular weight is 797 g/mol. The Bertz CT molecular complexity index is 2780. The molecular formula is C41H23N5OPt. The largest absolute Gasteiger partial charge is 2.00 e. The zero-order valence-corrected chi connectivity index (χ0v) is 27.5. The third-order valence-electron chi connectivity index (χ3n) is 8.85. The Balaban J connectivity index is 0.00000314. The SMILES string of the molecule is [Pt+2].[c-]1c(Oc2[c-]c3c(cc2)c2ccccc2n2c(-c4ccccc4)cnc32)ccc2c1c1nc(-c3ccccc3)cn1c1cccnc21. The fourth-order valence-electron chi connectivity index (χ4n) is 6.73. The summed E-state index contributed by atoms with van der Waals surface area (Å²) in [7, 11) is 0. The first-order valence-corrected chi connectivity index (χ1v) is 15.4. The van der Waals surface area contributed by atoms with Crippen molar-refractivity contribution in [2.45, 2.75) is 0 Å². The van der Waals surface area contributed by atoms with Crippen LogP contribution in [0.1, 0.15) is 0 Å². The maximum atomic E-state index is 6.49. The van der Waals surface area contributed by atoms with Crippen LogP contribution in [-0.4, -0.2) is 23.8 Å². The second-order valence-corrected chi connectivity index (χ2v) is 11.6. The summed E-state index contributed by atoms with van der Waals surface area (Å²) in [5.41, 5.74) is 8.66. The van der Waals surface area contributed by atoms with Crippen LogP contribution in [0.2, 0.25) is 0 Å². The van der Waals surface area contributed by atoms with E-state index >= 15 is 0 Å². The second-order valence-electron chi connectivity index (χ2n) is 11.6. The zero-order valence-electron chi connectivity index (χ0n) is 25.2. The van der Waals surface area contributed by atoms with E-state index in [4.69, 9.17) is 19.7 Å². The van der Waals surface area contributed by atoms with Crippen LogP contribution in [0.5, 0.6) is 11.5 Å². The van der Waals surface area contributed by atoms with Crippen LogP contribution in [0.4, 0.5) is 0 Å². The second kappa shape index (κ2) is 11.1. The molecule has 0 bridgehead atoms. The molecule has 0 aliphatic heterocycles. The van der Waals surface area contributed by atoms with Crippen LogP contribution in [0.25, 0.3) is 77.3 Å². The van der Waals surface area contributed by atoms with Crippen molar-refractivity contribution in [2.75, 3.05) is 0 Å². The topological polar surface area (TPSA) is 56.7 Å². The van der Waals surface area contributed by atoms with E-state index in [0.29, 0.717) is 11.5 Å². The molecule has 10 rings (SSSR count). The third kappa shape index (κ3) is 4.34. The number of fused-ring (bicyclic) bond motifs is 12. The molecule has 0 radical (unpaired) electrons. The number of imidazole rings is 2. The molecular weight excluding hydrogens is 774 g/mol. The van der Waals surface area contributed by atoms with Crippen molar-refractivity contribution in [1.82, 2.24) is 23.8 Å². The molecule has 0 aliphatic carbocycles. The van der Waals surface area contributed by atoms with Crippen molar-refractivity contribution in [3.63, 3.8) is 0 Å². The number of para-hydroxylation sites is 1. The van der Waals surface area contributed by atoms with Gasteiger partial charge in [-0.1, -0.05) is 125 Å². The minimum Gasteiger partial charge on any atom is -0.497 e. The predicted molar refractivity (Wildman–Crippen MR) is 187 cm³/mol. The van der Waals surface area contributed by atoms with Gasteiger partial charge in [0.25, 0.3) is 0 Å². The quantitative estimate of drug-likeness (QED) is 0.132. The van der Waals surface area contributed by atoms with Crippen molar-refractivity contribution in [3.05, 3.63) is 152 Å². The maximum Gasteiger partial charge on any atom is 2.00 e. The number of ether oxygens (including phenoxy) is 1. The summed E-state index contributed by atoms with van der Waals surface area (Å²) in [6.45, 7) is 0. The van der Waals surface area contributed by atoms with E-state index in [1.165, 1.54) is 0 Å². The first kappa shape index (κ1) is 28.4. The van der Waals surface area contributed by atoms with E-state index in [1.54, 1.807) is 0 Å². The van der Waals surface area contributed by atoms with Gasteiger partial charge in [0.1, 0.15) is 0 Å². The summed E-state index contributed by atoms with van der Waals surface area (Å²) in [4.78, 5) is 14.7.